The van der Waals surface area contributed by atoms with Crippen LogP contribution in [-0.4, -0.2) is 33.0 Å². The van der Waals surface area contributed by atoms with E-state index in [1.165, 1.54) is 18.2 Å². The number of rotatable bonds is 8. The van der Waals surface area contributed by atoms with Gasteiger partial charge in [0, 0.05) is 25.2 Å². The summed E-state index contributed by atoms with van der Waals surface area (Å²) in [6.07, 6.45) is 6.82. The third kappa shape index (κ3) is 15.4. The van der Waals surface area contributed by atoms with Gasteiger partial charge in [-0.1, -0.05) is 83.5 Å². The second kappa shape index (κ2) is 24.9. The van der Waals surface area contributed by atoms with Gasteiger partial charge in [-0.25, -0.2) is 8.78 Å². The molecule has 0 saturated carbocycles. The summed E-state index contributed by atoms with van der Waals surface area (Å²) in [6, 6.07) is 2.79. The molecule has 1 fully saturated rings. The minimum atomic E-state index is -0.687. The highest BCUT2D eigenvalue weighted by atomic mass is 35.5. The molecule has 0 unspecified atom stereocenters. The van der Waals surface area contributed by atoms with E-state index in [1.807, 2.05) is 47.6 Å². The van der Waals surface area contributed by atoms with Gasteiger partial charge in [-0.05, 0) is 42.7 Å². The van der Waals surface area contributed by atoms with Crippen molar-refractivity contribution in [3.63, 3.8) is 0 Å². The monoisotopic (exact) mass is 535 g/mol. The van der Waals surface area contributed by atoms with Crippen molar-refractivity contribution in [1.82, 2.24) is 10.6 Å². The van der Waals surface area contributed by atoms with Gasteiger partial charge in [0.25, 0.3) is 0 Å². The average Bonchev–Trinajstić information content (AvgIpc) is 3.36. The Bertz CT molecular complexity index is 788. The zero-order valence-electron chi connectivity index (χ0n) is 21.9. The number of hydrogen-bond acceptors (Lipinski definition) is 3. The molecule has 2 atom stereocenters. The van der Waals surface area contributed by atoms with Crippen LogP contribution in [0.15, 0.2) is 47.8 Å². The second-order valence-electron chi connectivity index (χ2n) is 6.13. The van der Waals surface area contributed by atoms with E-state index in [9.17, 15) is 13.6 Å². The summed E-state index contributed by atoms with van der Waals surface area (Å²) in [7, 11) is 1.56. The second-order valence-corrected chi connectivity index (χ2v) is 6.94. The Hall–Kier alpha value is -2.22. The number of carbonyl (C=O) groups excluding carboxylic acids is 2. The molecule has 1 aliphatic rings. The lowest BCUT2D eigenvalue weighted by molar-refractivity contribution is -0.109. The Balaban J connectivity index is -0.000000892. The van der Waals surface area contributed by atoms with Crippen LogP contribution >= 0.6 is 23.2 Å². The normalized spacial score (nSPS) is 16.0. The maximum Gasteiger partial charge on any atom is 0.211 e. The molecule has 0 radical (unpaired) electrons. The predicted molar refractivity (Wildman–Crippen MR) is 147 cm³/mol. The van der Waals surface area contributed by atoms with E-state index in [4.69, 9.17) is 28.0 Å². The summed E-state index contributed by atoms with van der Waals surface area (Å²) >= 11 is 11.5. The summed E-state index contributed by atoms with van der Waals surface area (Å²) in [5, 5.41) is 8.01. The van der Waals surface area contributed by atoms with Crippen LogP contribution < -0.4 is 16.0 Å². The van der Waals surface area contributed by atoms with E-state index in [0.717, 1.165) is 6.54 Å². The Morgan fingerprint density at radius 3 is 2.20 bits per heavy atom. The lowest BCUT2D eigenvalue weighted by atomic mass is 9.85. The molecule has 0 bridgehead atoms. The van der Waals surface area contributed by atoms with Gasteiger partial charge >= 0.3 is 0 Å². The van der Waals surface area contributed by atoms with E-state index in [2.05, 4.69) is 22.5 Å². The van der Waals surface area contributed by atoms with E-state index in [1.54, 1.807) is 13.1 Å². The number of benzene rings is 1. The Morgan fingerprint density at radius 2 is 1.71 bits per heavy atom. The topological polar surface area (TPSA) is 70.2 Å². The quantitative estimate of drug-likeness (QED) is 0.240. The van der Waals surface area contributed by atoms with Gasteiger partial charge in [-0.2, -0.15) is 0 Å². The molecule has 1 heterocycles. The summed E-state index contributed by atoms with van der Waals surface area (Å²) in [5.74, 6) is -1.02. The summed E-state index contributed by atoms with van der Waals surface area (Å²) in [6.45, 7) is 16.5. The minimum Gasteiger partial charge on any atom is -0.362 e. The lowest BCUT2D eigenvalue weighted by Gasteiger charge is -2.21. The molecule has 2 amide bonds. The van der Waals surface area contributed by atoms with Crippen LogP contribution in [0.2, 0.25) is 5.02 Å². The fourth-order valence-electron chi connectivity index (χ4n) is 2.90. The Morgan fingerprint density at radius 1 is 1.14 bits per heavy atom. The van der Waals surface area contributed by atoms with Crippen LogP contribution in [0.4, 0.5) is 14.5 Å². The zero-order chi connectivity index (χ0) is 27.8. The van der Waals surface area contributed by atoms with Crippen LogP contribution in [0.25, 0.3) is 0 Å². The summed E-state index contributed by atoms with van der Waals surface area (Å²) in [4.78, 5) is 19.9. The van der Waals surface area contributed by atoms with Crippen molar-refractivity contribution in [3.8, 4) is 0 Å². The number of allylic oxidation sites excluding steroid dienone is 5. The molecule has 5 nitrogen and oxygen atoms in total. The first-order valence-corrected chi connectivity index (χ1v) is 12.5. The Kier molecular flexibility index (Phi) is 26.5. The van der Waals surface area contributed by atoms with Gasteiger partial charge in [0.05, 0.1) is 10.1 Å². The highest BCUT2D eigenvalue weighted by Gasteiger charge is 2.30. The molecule has 35 heavy (non-hydrogen) atoms. The van der Waals surface area contributed by atoms with Crippen LogP contribution in [0.3, 0.4) is 0 Å². The van der Waals surface area contributed by atoms with Crippen molar-refractivity contribution < 1.29 is 18.4 Å². The summed E-state index contributed by atoms with van der Waals surface area (Å²) in [5.41, 5.74) is 1.20. The van der Waals surface area contributed by atoms with Crippen LogP contribution in [0.5, 0.6) is 0 Å². The fraction of sp³-hybridized carbons (Fsp3) is 0.462. The third-order valence-electron chi connectivity index (χ3n) is 4.24. The average molecular weight is 537 g/mol. The molecule has 0 spiro atoms. The van der Waals surface area contributed by atoms with Crippen molar-refractivity contribution in [2.45, 2.75) is 53.9 Å². The molecule has 200 valence electrons. The molecule has 9 heteroatoms. The van der Waals surface area contributed by atoms with Gasteiger partial charge in [0.2, 0.25) is 12.8 Å². The maximum absolute atomic E-state index is 13.9. The molecule has 1 aromatic carbocycles. The molecule has 3 N–H and O–H groups in total. The van der Waals surface area contributed by atoms with E-state index in [0.29, 0.717) is 37.0 Å². The molecular weight excluding hydrogens is 495 g/mol. The standard InChI is InChI=1S/C18H18Cl2F2N2O.C2H5NO.3C2H6/c1-11(21)15(19)5-3-2-4-12-8-23-9-14(12)13-6-17(22)16(20)7-18(13)24-10-25;1-3-2-4;3*1-2/h2-3,5-7,10,12,14,23H,1,4,8-9H2,(H,24,25);2H,1H3,(H,3,4);3*1-2H3/b3-2-,15-5+;;;;/t12-,14+;;;;/m0..../s1. The van der Waals surface area contributed by atoms with E-state index in [-0.39, 0.29) is 21.9 Å². The number of amides is 2. The van der Waals surface area contributed by atoms with Gasteiger partial charge in [-0.15, -0.1) is 0 Å². The number of carbonyl (C=O) groups is 2. The van der Waals surface area contributed by atoms with Crippen molar-refractivity contribution in [2.75, 3.05) is 25.5 Å². The molecular formula is C26H41Cl2F2N3O2. The first-order valence-electron chi connectivity index (χ1n) is 11.7. The first-order chi connectivity index (χ1) is 16.8. The molecule has 1 saturated heterocycles. The van der Waals surface area contributed by atoms with Gasteiger partial charge < -0.3 is 16.0 Å². The number of hydrogen-bond donors (Lipinski definition) is 3. The SMILES string of the molecule is C=C(F)/C(Cl)=C\C=C/C[C@H]1CNC[C@H]1c1cc(F)c(Cl)cc1NC=O.CC.CC.CC.CNC=O. The van der Waals surface area contributed by atoms with Crippen molar-refractivity contribution in [1.29, 1.82) is 0 Å². The van der Waals surface area contributed by atoms with Gasteiger partial charge in [0.15, 0.2) is 0 Å². The smallest absolute Gasteiger partial charge is 0.211 e. The number of halogens is 4. The van der Waals surface area contributed by atoms with Crippen molar-refractivity contribution >= 4 is 41.7 Å². The highest BCUT2D eigenvalue weighted by molar-refractivity contribution is 6.31. The molecule has 0 aliphatic carbocycles. The third-order valence-corrected chi connectivity index (χ3v) is 4.86. The molecule has 1 aliphatic heterocycles. The van der Waals surface area contributed by atoms with Crippen LogP contribution in [-0.2, 0) is 9.59 Å². The minimum absolute atomic E-state index is 0.00876. The maximum atomic E-state index is 13.9. The first kappa shape index (κ1) is 37.3. The van der Waals surface area contributed by atoms with Crippen molar-refractivity contribution in [3.05, 3.63) is 64.2 Å². The highest BCUT2D eigenvalue weighted by Crippen LogP contribution is 2.37. The number of anilines is 1. The van der Waals surface area contributed by atoms with Crippen LogP contribution in [0, 0.1) is 11.7 Å². The van der Waals surface area contributed by atoms with Crippen LogP contribution in [0.1, 0.15) is 59.4 Å². The van der Waals surface area contributed by atoms with Crippen molar-refractivity contribution in [2.24, 2.45) is 5.92 Å². The van der Waals surface area contributed by atoms with E-state index >= 15 is 0 Å². The largest absolute Gasteiger partial charge is 0.362 e. The molecule has 2 rings (SSSR count). The summed E-state index contributed by atoms with van der Waals surface area (Å²) < 4.78 is 26.7. The fourth-order valence-corrected chi connectivity index (χ4v) is 3.13. The van der Waals surface area contributed by atoms with E-state index < -0.39 is 11.6 Å². The predicted octanol–water partition coefficient (Wildman–Crippen LogP) is 7.34. The molecule has 0 aromatic heterocycles. The van der Waals surface area contributed by atoms with Gasteiger partial charge in [0.1, 0.15) is 11.6 Å². The van der Waals surface area contributed by atoms with Gasteiger partial charge in [-0.3, -0.25) is 9.59 Å². The Labute approximate surface area is 220 Å². The zero-order valence-corrected chi connectivity index (χ0v) is 23.4. The number of nitrogens with one attached hydrogen (secondary N) is 3. The lowest BCUT2D eigenvalue weighted by Crippen LogP contribution is -2.13. The molecule has 1 aromatic rings.